The third kappa shape index (κ3) is 8.46. The molecule has 1 atom stereocenters. The third-order valence-corrected chi connectivity index (χ3v) is 3.97. The van der Waals surface area contributed by atoms with Crippen molar-refractivity contribution in [2.75, 3.05) is 18.1 Å². The van der Waals surface area contributed by atoms with Gasteiger partial charge in [0.15, 0.2) is 0 Å². The fraction of sp³-hybridized carbons (Fsp3) is 1.00. The lowest BCUT2D eigenvalue weighted by molar-refractivity contribution is 0.253. The van der Waals surface area contributed by atoms with Crippen LogP contribution >= 0.6 is 11.8 Å². The van der Waals surface area contributed by atoms with Crippen molar-refractivity contribution in [3.8, 4) is 0 Å². The topological polar surface area (TPSA) is 12.0 Å². The van der Waals surface area contributed by atoms with E-state index in [0.717, 1.165) is 6.54 Å². The molecule has 98 valence electrons. The van der Waals surface area contributed by atoms with Gasteiger partial charge >= 0.3 is 0 Å². The van der Waals surface area contributed by atoms with Crippen molar-refractivity contribution in [3.05, 3.63) is 0 Å². The van der Waals surface area contributed by atoms with Crippen molar-refractivity contribution in [1.29, 1.82) is 0 Å². The molecule has 0 bridgehead atoms. The molecule has 0 heterocycles. The Morgan fingerprint density at radius 1 is 1.06 bits per heavy atom. The van der Waals surface area contributed by atoms with E-state index in [-0.39, 0.29) is 0 Å². The van der Waals surface area contributed by atoms with Gasteiger partial charge in [-0.05, 0) is 36.3 Å². The summed E-state index contributed by atoms with van der Waals surface area (Å²) < 4.78 is 0. The van der Waals surface area contributed by atoms with Crippen molar-refractivity contribution in [3.63, 3.8) is 0 Å². The average molecular weight is 245 g/mol. The summed E-state index contributed by atoms with van der Waals surface area (Å²) in [5, 5.41) is 3.62. The summed E-state index contributed by atoms with van der Waals surface area (Å²) in [6.07, 6.45) is 5.49. The van der Waals surface area contributed by atoms with E-state index in [4.69, 9.17) is 0 Å². The van der Waals surface area contributed by atoms with Gasteiger partial charge in [0.25, 0.3) is 0 Å². The third-order valence-electron chi connectivity index (χ3n) is 2.98. The smallest absolute Gasteiger partial charge is 0.0115 e. The van der Waals surface area contributed by atoms with E-state index in [1.54, 1.807) is 0 Å². The van der Waals surface area contributed by atoms with Gasteiger partial charge in [-0.1, -0.05) is 47.5 Å². The van der Waals surface area contributed by atoms with Crippen molar-refractivity contribution < 1.29 is 0 Å². The second-order valence-electron chi connectivity index (χ2n) is 5.52. The highest BCUT2D eigenvalue weighted by molar-refractivity contribution is 7.99. The summed E-state index contributed by atoms with van der Waals surface area (Å²) in [5.74, 6) is 2.61. The van der Waals surface area contributed by atoms with Crippen LogP contribution in [0.2, 0.25) is 0 Å². The van der Waals surface area contributed by atoms with E-state index in [2.05, 4.69) is 51.7 Å². The zero-order valence-corrected chi connectivity index (χ0v) is 12.8. The summed E-state index contributed by atoms with van der Waals surface area (Å²) in [6, 6.07) is 0.677. The predicted molar refractivity (Wildman–Crippen MR) is 78.4 cm³/mol. The van der Waals surface area contributed by atoms with E-state index < -0.39 is 0 Å². The molecule has 0 fully saturated rings. The Hall–Kier alpha value is 0.310. The Bertz CT molecular complexity index is 151. The lowest BCUT2D eigenvalue weighted by atomic mass is 9.83. The molecule has 0 amide bonds. The summed E-state index contributed by atoms with van der Waals surface area (Å²) in [4.78, 5) is 0. The molecule has 0 saturated heterocycles. The molecule has 1 nitrogen and oxygen atoms in total. The average Bonchev–Trinajstić information content (AvgIpc) is 2.20. The predicted octanol–water partition coefficient (Wildman–Crippen LogP) is 4.32. The fourth-order valence-electron chi connectivity index (χ4n) is 1.96. The number of hydrogen-bond donors (Lipinski definition) is 1. The number of unbranched alkanes of at least 4 members (excludes halogenated alkanes) is 2. The zero-order chi connectivity index (χ0) is 12.4. The Morgan fingerprint density at radius 3 is 2.25 bits per heavy atom. The minimum absolute atomic E-state index is 0.397. The van der Waals surface area contributed by atoms with Crippen LogP contribution < -0.4 is 5.32 Å². The molecule has 0 aromatic heterocycles. The zero-order valence-electron chi connectivity index (χ0n) is 11.9. The highest BCUT2D eigenvalue weighted by Crippen LogP contribution is 2.23. The number of hydrogen-bond acceptors (Lipinski definition) is 2. The van der Waals surface area contributed by atoms with Crippen LogP contribution in [0, 0.1) is 5.41 Å². The Balaban J connectivity index is 3.61. The molecule has 0 rings (SSSR count). The van der Waals surface area contributed by atoms with Gasteiger partial charge in [0.2, 0.25) is 0 Å². The summed E-state index contributed by atoms with van der Waals surface area (Å²) >= 11 is 2.07. The minimum Gasteiger partial charge on any atom is -0.314 e. The van der Waals surface area contributed by atoms with E-state index in [9.17, 15) is 0 Å². The van der Waals surface area contributed by atoms with Crippen LogP contribution in [-0.2, 0) is 0 Å². The first-order valence-corrected chi connectivity index (χ1v) is 7.99. The second kappa shape index (κ2) is 9.35. The van der Waals surface area contributed by atoms with E-state index in [1.165, 1.54) is 37.2 Å². The molecule has 0 aromatic carbocycles. The van der Waals surface area contributed by atoms with Crippen LogP contribution in [0.3, 0.4) is 0 Å². The maximum Gasteiger partial charge on any atom is 0.0115 e. The molecular formula is C14H31NS. The first-order valence-electron chi connectivity index (χ1n) is 6.83. The molecule has 0 aliphatic carbocycles. The van der Waals surface area contributed by atoms with Gasteiger partial charge < -0.3 is 5.32 Å². The van der Waals surface area contributed by atoms with Gasteiger partial charge in [-0.15, -0.1) is 0 Å². The summed E-state index contributed by atoms with van der Waals surface area (Å²) in [6.45, 7) is 12.6. The van der Waals surface area contributed by atoms with Crippen molar-refractivity contribution in [1.82, 2.24) is 5.32 Å². The standard InChI is InChI=1S/C14H31NS/c1-6-15-13(14(3,4)5)11-9-8-10-12-16-7-2/h13,15H,6-12H2,1-5H3. The van der Waals surface area contributed by atoms with Crippen molar-refractivity contribution >= 4 is 11.8 Å². The molecule has 0 spiro atoms. The van der Waals surface area contributed by atoms with Gasteiger partial charge in [-0.25, -0.2) is 0 Å². The quantitative estimate of drug-likeness (QED) is 0.607. The minimum atomic E-state index is 0.397. The highest BCUT2D eigenvalue weighted by atomic mass is 32.2. The van der Waals surface area contributed by atoms with Crippen molar-refractivity contribution in [2.24, 2.45) is 5.41 Å². The highest BCUT2D eigenvalue weighted by Gasteiger charge is 2.22. The van der Waals surface area contributed by atoms with Gasteiger partial charge in [0.1, 0.15) is 0 Å². The molecule has 1 unspecified atom stereocenters. The van der Waals surface area contributed by atoms with Crippen LogP contribution in [0.4, 0.5) is 0 Å². The first kappa shape index (κ1) is 16.3. The fourth-order valence-corrected chi connectivity index (χ4v) is 2.66. The lowest BCUT2D eigenvalue weighted by Crippen LogP contribution is -2.40. The number of nitrogens with one attached hydrogen (secondary N) is 1. The molecule has 2 heteroatoms. The monoisotopic (exact) mass is 245 g/mol. The number of rotatable bonds is 9. The maximum atomic E-state index is 3.62. The van der Waals surface area contributed by atoms with Crippen molar-refractivity contribution in [2.45, 2.75) is 66.3 Å². The van der Waals surface area contributed by atoms with Gasteiger partial charge in [-0.3, -0.25) is 0 Å². The van der Waals surface area contributed by atoms with Crippen LogP contribution in [0.5, 0.6) is 0 Å². The molecule has 0 saturated carbocycles. The molecule has 0 aliphatic rings. The molecule has 0 radical (unpaired) electrons. The Kier molecular flexibility index (Phi) is 9.53. The molecule has 16 heavy (non-hydrogen) atoms. The number of thioether (sulfide) groups is 1. The second-order valence-corrected chi connectivity index (χ2v) is 6.92. The summed E-state index contributed by atoms with van der Waals surface area (Å²) in [5.41, 5.74) is 0.397. The molecule has 0 aliphatic heterocycles. The SMILES string of the molecule is CCNC(CCCCCSCC)C(C)(C)C. The molecular weight excluding hydrogens is 214 g/mol. The summed E-state index contributed by atoms with van der Waals surface area (Å²) in [7, 11) is 0. The normalized spacial score (nSPS) is 14.1. The van der Waals surface area contributed by atoms with E-state index >= 15 is 0 Å². The van der Waals surface area contributed by atoms with Crippen LogP contribution in [-0.4, -0.2) is 24.1 Å². The largest absolute Gasteiger partial charge is 0.314 e. The van der Waals surface area contributed by atoms with Crippen LogP contribution in [0.15, 0.2) is 0 Å². The molecule has 1 N–H and O–H groups in total. The lowest BCUT2D eigenvalue weighted by Gasteiger charge is -2.31. The van der Waals surface area contributed by atoms with E-state index in [0.29, 0.717) is 11.5 Å². The maximum absolute atomic E-state index is 3.62. The van der Waals surface area contributed by atoms with E-state index in [1.807, 2.05) is 0 Å². The van der Waals surface area contributed by atoms with Crippen LogP contribution in [0.25, 0.3) is 0 Å². The van der Waals surface area contributed by atoms with Crippen LogP contribution in [0.1, 0.15) is 60.3 Å². The Labute approximate surface area is 107 Å². The van der Waals surface area contributed by atoms with Gasteiger partial charge in [-0.2, -0.15) is 11.8 Å². The van der Waals surface area contributed by atoms with Gasteiger partial charge in [0, 0.05) is 6.04 Å². The molecule has 0 aromatic rings. The van der Waals surface area contributed by atoms with Gasteiger partial charge in [0.05, 0.1) is 0 Å². The Morgan fingerprint density at radius 2 is 1.75 bits per heavy atom. The first-order chi connectivity index (χ1) is 7.52.